The Morgan fingerprint density at radius 1 is 1.25 bits per heavy atom. The summed E-state index contributed by atoms with van der Waals surface area (Å²) >= 11 is 0. The van der Waals surface area contributed by atoms with Crippen molar-refractivity contribution in [2.75, 3.05) is 0 Å². The van der Waals surface area contributed by atoms with Crippen LogP contribution in [0.3, 0.4) is 0 Å². The molecule has 1 aromatic heterocycles. The highest BCUT2D eigenvalue weighted by Crippen LogP contribution is 2.19. The van der Waals surface area contributed by atoms with Gasteiger partial charge in [0.15, 0.2) is 9.84 Å². The van der Waals surface area contributed by atoms with E-state index < -0.39 is 27.2 Å². The van der Waals surface area contributed by atoms with Crippen LogP contribution in [0.1, 0.15) is 16.1 Å². The number of halogens is 1. The van der Waals surface area contributed by atoms with E-state index in [1.54, 1.807) is 18.2 Å². The van der Waals surface area contributed by atoms with Crippen LogP contribution in [0.2, 0.25) is 0 Å². The summed E-state index contributed by atoms with van der Waals surface area (Å²) < 4.78 is 37.5. The molecule has 1 heterocycles. The summed E-state index contributed by atoms with van der Waals surface area (Å²) in [5.41, 5.74) is -0.346. The van der Waals surface area contributed by atoms with Crippen LogP contribution in [-0.4, -0.2) is 24.5 Å². The van der Waals surface area contributed by atoms with Crippen LogP contribution >= 0.6 is 0 Å². The van der Waals surface area contributed by atoms with E-state index in [1.807, 2.05) is 0 Å². The number of hydrogen-bond acceptors (Lipinski definition) is 4. The topological polar surface area (TPSA) is 84.3 Å². The Balaban J connectivity index is 2.40. The minimum absolute atomic E-state index is 0.248. The lowest BCUT2D eigenvalue weighted by atomic mass is 10.2. The lowest BCUT2D eigenvalue weighted by Gasteiger charge is -2.05. The van der Waals surface area contributed by atoms with Crippen LogP contribution in [0, 0.1) is 5.82 Å². The zero-order valence-corrected chi connectivity index (χ0v) is 11.0. The second kappa shape index (κ2) is 5.38. The first-order valence-corrected chi connectivity index (χ1v) is 7.21. The van der Waals surface area contributed by atoms with Crippen LogP contribution in [0.15, 0.2) is 47.5 Å². The van der Waals surface area contributed by atoms with E-state index in [-0.39, 0.29) is 10.6 Å². The third kappa shape index (κ3) is 3.00. The van der Waals surface area contributed by atoms with Gasteiger partial charge >= 0.3 is 5.97 Å². The predicted octanol–water partition coefficient (Wildman–Crippen LogP) is 1.89. The van der Waals surface area contributed by atoms with Crippen LogP contribution in [-0.2, 0) is 15.6 Å². The molecule has 0 aliphatic heterocycles. The molecule has 5 nitrogen and oxygen atoms in total. The van der Waals surface area contributed by atoms with Crippen LogP contribution in [0.5, 0.6) is 0 Å². The van der Waals surface area contributed by atoms with E-state index in [0.29, 0.717) is 5.69 Å². The number of carboxylic acid groups (broad SMARTS) is 1. The molecule has 1 N–H and O–H groups in total. The molecule has 0 unspecified atom stereocenters. The zero-order valence-electron chi connectivity index (χ0n) is 10.2. The number of nitrogens with zero attached hydrogens (tertiary/aromatic N) is 1. The lowest BCUT2D eigenvalue weighted by molar-refractivity contribution is 0.0691. The standard InChI is InChI=1S/C13H10FNO4S/c14-12-5-4-10(7-11(12)13(16)17)20(18,19)8-9-3-1-2-6-15-9/h1-7H,8H2,(H,16,17). The molecular weight excluding hydrogens is 285 g/mol. The molecule has 20 heavy (non-hydrogen) atoms. The van der Waals surface area contributed by atoms with Crippen molar-refractivity contribution in [2.24, 2.45) is 0 Å². The number of sulfone groups is 1. The Labute approximate surface area is 114 Å². The first kappa shape index (κ1) is 14.1. The van der Waals surface area contributed by atoms with Gasteiger partial charge in [-0.25, -0.2) is 17.6 Å². The average Bonchev–Trinajstić information content (AvgIpc) is 2.39. The van der Waals surface area contributed by atoms with Crippen molar-refractivity contribution in [2.45, 2.75) is 10.6 Å². The second-order valence-corrected chi connectivity index (χ2v) is 6.02. The first-order valence-electron chi connectivity index (χ1n) is 5.55. The highest BCUT2D eigenvalue weighted by Gasteiger charge is 2.20. The van der Waals surface area contributed by atoms with Crippen LogP contribution in [0.4, 0.5) is 4.39 Å². The van der Waals surface area contributed by atoms with E-state index in [0.717, 1.165) is 18.2 Å². The van der Waals surface area contributed by atoms with Gasteiger partial charge in [-0.2, -0.15) is 0 Å². The van der Waals surface area contributed by atoms with Gasteiger partial charge in [0.2, 0.25) is 0 Å². The fourth-order valence-electron chi connectivity index (χ4n) is 1.62. The number of pyridine rings is 1. The molecule has 0 saturated carbocycles. The fraction of sp³-hybridized carbons (Fsp3) is 0.0769. The summed E-state index contributed by atoms with van der Waals surface area (Å²) in [5, 5.41) is 8.80. The molecule has 0 radical (unpaired) electrons. The molecule has 1 aromatic carbocycles. The van der Waals surface area contributed by atoms with Crippen molar-refractivity contribution in [1.29, 1.82) is 0 Å². The maximum absolute atomic E-state index is 13.2. The van der Waals surface area contributed by atoms with Crippen molar-refractivity contribution in [3.05, 3.63) is 59.7 Å². The second-order valence-electron chi connectivity index (χ2n) is 4.03. The average molecular weight is 295 g/mol. The minimum Gasteiger partial charge on any atom is -0.478 e. The fourth-order valence-corrected chi connectivity index (χ4v) is 2.92. The number of rotatable bonds is 4. The summed E-state index contributed by atoms with van der Waals surface area (Å²) in [7, 11) is -3.78. The third-order valence-electron chi connectivity index (χ3n) is 2.59. The molecule has 0 aliphatic rings. The summed E-state index contributed by atoms with van der Waals surface area (Å²) in [6.45, 7) is 0. The molecule has 0 atom stereocenters. The van der Waals surface area contributed by atoms with Crippen LogP contribution in [0.25, 0.3) is 0 Å². The smallest absolute Gasteiger partial charge is 0.338 e. The number of carbonyl (C=O) groups is 1. The largest absolute Gasteiger partial charge is 0.478 e. The Hall–Kier alpha value is -2.28. The molecule has 0 bridgehead atoms. The first-order chi connectivity index (χ1) is 9.40. The van der Waals surface area contributed by atoms with E-state index in [1.165, 1.54) is 6.20 Å². The Morgan fingerprint density at radius 3 is 2.60 bits per heavy atom. The molecule has 2 rings (SSSR count). The molecule has 104 valence electrons. The Kier molecular flexibility index (Phi) is 3.80. The monoisotopic (exact) mass is 295 g/mol. The number of hydrogen-bond donors (Lipinski definition) is 1. The van der Waals surface area contributed by atoms with E-state index in [2.05, 4.69) is 4.98 Å². The highest BCUT2D eigenvalue weighted by molar-refractivity contribution is 7.90. The van der Waals surface area contributed by atoms with Crippen molar-refractivity contribution >= 4 is 15.8 Å². The Bertz CT molecular complexity index is 744. The molecular formula is C13H10FNO4S. The van der Waals surface area contributed by atoms with Gasteiger partial charge in [0.25, 0.3) is 0 Å². The molecule has 0 aliphatic carbocycles. The number of benzene rings is 1. The molecule has 0 spiro atoms. The van der Waals surface area contributed by atoms with Crippen LogP contribution < -0.4 is 0 Å². The summed E-state index contributed by atoms with van der Waals surface area (Å²) in [6, 6.07) is 7.52. The summed E-state index contributed by atoms with van der Waals surface area (Å²) in [5.74, 6) is -2.87. The van der Waals surface area contributed by atoms with Gasteiger partial charge in [-0.3, -0.25) is 4.98 Å². The van der Waals surface area contributed by atoms with Gasteiger partial charge < -0.3 is 5.11 Å². The third-order valence-corrected chi connectivity index (χ3v) is 4.24. The van der Waals surface area contributed by atoms with E-state index >= 15 is 0 Å². The normalized spacial score (nSPS) is 11.2. The molecule has 0 fully saturated rings. The van der Waals surface area contributed by atoms with Gasteiger partial charge in [-0.1, -0.05) is 6.07 Å². The van der Waals surface area contributed by atoms with Gasteiger partial charge in [0.05, 0.1) is 21.9 Å². The molecule has 7 heteroatoms. The Morgan fingerprint density at radius 2 is 2.00 bits per heavy atom. The predicted molar refractivity (Wildman–Crippen MR) is 68.5 cm³/mol. The summed E-state index contributed by atoms with van der Waals surface area (Å²) in [6.07, 6.45) is 1.46. The van der Waals surface area contributed by atoms with Crippen molar-refractivity contribution in [3.8, 4) is 0 Å². The van der Waals surface area contributed by atoms with E-state index in [9.17, 15) is 17.6 Å². The van der Waals surface area contributed by atoms with Gasteiger partial charge in [-0.15, -0.1) is 0 Å². The quantitative estimate of drug-likeness (QED) is 0.871. The molecule has 2 aromatic rings. The summed E-state index contributed by atoms with van der Waals surface area (Å²) in [4.78, 5) is 14.5. The van der Waals surface area contributed by atoms with Crippen molar-refractivity contribution in [1.82, 2.24) is 4.98 Å². The molecule has 0 amide bonds. The highest BCUT2D eigenvalue weighted by atomic mass is 32.2. The van der Waals surface area contributed by atoms with Crippen molar-refractivity contribution < 1.29 is 22.7 Å². The van der Waals surface area contributed by atoms with Gasteiger partial charge in [-0.05, 0) is 30.3 Å². The van der Waals surface area contributed by atoms with E-state index in [4.69, 9.17) is 5.11 Å². The zero-order chi connectivity index (χ0) is 14.8. The minimum atomic E-state index is -3.78. The number of aromatic carboxylic acids is 1. The maximum atomic E-state index is 13.2. The SMILES string of the molecule is O=C(O)c1cc(S(=O)(=O)Cc2ccccn2)ccc1F. The van der Waals surface area contributed by atoms with Gasteiger partial charge in [0.1, 0.15) is 5.82 Å². The maximum Gasteiger partial charge on any atom is 0.338 e. The number of aromatic nitrogens is 1. The van der Waals surface area contributed by atoms with Gasteiger partial charge in [0, 0.05) is 6.20 Å². The van der Waals surface area contributed by atoms with Crippen molar-refractivity contribution in [3.63, 3.8) is 0 Å². The molecule has 0 saturated heterocycles. The lowest BCUT2D eigenvalue weighted by Crippen LogP contribution is -2.09. The number of carboxylic acids is 1.